The highest BCUT2D eigenvalue weighted by atomic mass is 16.5. The molecule has 0 heterocycles. The maximum Gasteiger partial charge on any atom is 0.113 e. The van der Waals surface area contributed by atoms with E-state index in [0.717, 1.165) is 5.56 Å². The van der Waals surface area contributed by atoms with Gasteiger partial charge < -0.3 is 19.7 Å². The zero-order chi connectivity index (χ0) is 12.8. The number of hydrogen-bond donors (Lipinski definition) is 2. The fourth-order valence-corrected chi connectivity index (χ4v) is 1.81. The first-order valence-corrected chi connectivity index (χ1v) is 6.05. The quantitative estimate of drug-likeness (QED) is 0.581. The largest absolute Gasteiger partial charge is 0.387 e. The van der Waals surface area contributed by atoms with Crippen LogP contribution in [0, 0.1) is 0 Å². The van der Waals surface area contributed by atoms with Gasteiger partial charge in [-0.05, 0) is 5.56 Å². The molecule has 2 N–H and O–H groups in total. The van der Waals surface area contributed by atoms with Crippen molar-refractivity contribution in [1.29, 1.82) is 0 Å². The number of aliphatic hydroxyl groups is 2. The van der Waals surface area contributed by atoms with E-state index in [1.54, 1.807) is 12.2 Å². The Morgan fingerprint density at radius 1 is 1.00 bits per heavy atom. The van der Waals surface area contributed by atoms with E-state index in [-0.39, 0.29) is 0 Å². The second-order valence-corrected chi connectivity index (χ2v) is 4.24. The number of ether oxygens (including phenoxy) is 2. The van der Waals surface area contributed by atoms with Crippen LogP contribution >= 0.6 is 0 Å². The van der Waals surface area contributed by atoms with Gasteiger partial charge >= 0.3 is 0 Å². The fourth-order valence-electron chi connectivity index (χ4n) is 1.81. The predicted octanol–water partition coefficient (Wildman–Crippen LogP) is 0.880. The summed E-state index contributed by atoms with van der Waals surface area (Å²) in [7, 11) is 0. The number of benzene rings is 1. The third-order valence-corrected chi connectivity index (χ3v) is 2.83. The van der Waals surface area contributed by atoms with Crippen molar-refractivity contribution in [1.82, 2.24) is 0 Å². The van der Waals surface area contributed by atoms with Gasteiger partial charge in [0.1, 0.15) is 18.3 Å². The maximum absolute atomic E-state index is 9.51. The van der Waals surface area contributed by atoms with Gasteiger partial charge in [0.2, 0.25) is 0 Å². The van der Waals surface area contributed by atoms with E-state index in [1.165, 1.54) is 0 Å². The van der Waals surface area contributed by atoms with E-state index in [0.29, 0.717) is 19.8 Å². The average Bonchev–Trinajstić information content (AvgIpc) is 2.71. The average molecular weight is 250 g/mol. The summed E-state index contributed by atoms with van der Waals surface area (Å²) >= 11 is 0. The van der Waals surface area contributed by atoms with Crippen LogP contribution in [-0.2, 0) is 16.1 Å². The molecule has 1 aromatic rings. The topological polar surface area (TPSA) is 58.9 Å². The van der Waals surface area contributed by atoms with Crippen molar-refractivity contribution in [3.05, 3.63) is 48.0 Å². The van der Waals surface area contributed by atoms with Crippen molar-refractivity contribution in [3.8, 4) is 0 Å². The van der Waals surface area contributed by atoms with Crippen LogP contribution in [0.15, 0.2) is 42.5 Å². The lowest BCUT2D eigenvalue weighted by atomic mass is 10.2. The van der Waals surface area contributed by atoms with Crippen LogP contribution in [0.5, 0.6) is 0 Å². The molecule has 0 saturated carbocycles. The molecule has 0 spiro atoms. The Morgan fingerprint density at radius 3 is 2.44 bits per heavy atom. The summed E-state index contributed by atoms with van der Waals surface area (Å²) in [5.41, 5.74) is 1.12. The smallest absolute Gasteiger partial charge is 0.113 e. The van der Waals surface area contributed by atoms with E-state index in [1.807, 2.05) is 30.3 Å². The Morgan fingerprint density at radius 2 is 1.78 bits per heavy atom. The molecule has 0 aromatic heterocycles. The minimum Gasteiger partial charge on any atom is -0.387 e. The third kappa shape index (κ3) is 3.65. The molecule has 0 aliphatic heterocycles. The highest BCUT2D eigenvalue weighted by Gasteiger charge is 2.28. The van der Waals surface area contributed by atoms with Crippen molar-refractivity contribution >= 4 is 0 Å². The van der Waals surface area contributed by atoms with Crippen LogP contribution in [-0.4, -0.2) is 41.7 Å². The van der Waals surface area contributed by atoms with Gasteiger partial charge in [-0.3, -0.25) is 0 Å². The van der Waals surface area contributed by atoms with Crippen molar-refractivity contribution < 1.29 is 19.7 Å². The molecule has 0 fully saturated rings. The van der Waals surface area contributed by atoms with Gasteiger partial charge in [-0.25, -0.2) is 0 Å². The van der Waals surface area contributed by atoms with E-state index in [4.69, 9.17) is 9.47 Å². The molecule has 3 atom stereocenters. The van der Waals surface area contributed by atoms with Gasteiger partial charge in [0, 0.05) is 0 Å². The first kappa shape index (κ1) is 13.2. The minimum atomic E-state index is -0.862. The zero-order valence-electron chi connectivity index (χ0n) is 10.1. The van der Waals surface area contributed by atoms with Crippen LogP contribution in [0.2, 0.25) is 0 Å². The van der Waals surface area contributed by atoms with Crippen LogP contribution in [0.3, 0.4) is 0 Å². The van der Waals surface area contributed by atoms with Gasteiger partial charge in [-0.15, -0.1) is 0 Å². The molecule has 98 valence electrons. The molecule has 1 aliphatic carbocycles. The molecule has 0 unspecified atom stereocenters. The molecule has 1 aliphatic rings. The van der Waals surface area contributed by atoms with Crippen molar-refractivity contribution in [3.63, 3.8) is 0 Å². The Bertz CT molecular complexity index is 377. The van der Waals surface area contributed by atoms with E-state index >= 15 is 0 Å². The molecule has 2 rings (SSSR count). The van der Waals surface area contributed by atoms with Gasteiger partial charge in [0.15, 0.2) is 0 Å². The first-order valence-electron chi connectivity index (χ1n) is 6.05. The molecule has 4 nitrogen and oxygen atoms in total. The van der Waals surface area contributed by atoms with Crippen LogP contribution in [0.25, 0.3) is 0 Å². The summed E-state index contributed by atoms with van der Waals surface area (Å²) in [6, 6.07) is 9.90. The first-order chi connectivity index (χ1) is 8.77. The molecule has 18 heavy (non-hydrogen) atoms. The summed E-state index contributed by atoms with van der Waals surface area (Å²) in [5, 5.41) is 18.8. The molecule has 0 bridgehead atoms. The maximum atomic E-state index is 9.51. The number of aliphatic hydroxyl groups excluding tert-OH is 2. The van der Waals surface area contributed by atoms with E-state index in [9.17, 15) is 10.2 Å². The normalized spacial score (nSPS) is 26.7. The highest BCUT2D eigenvalue weighted by molar-refractivity contribution is 5.13. The third-order valence-electron chi connectivity index (χ3n) is 2.83. The second kappa shape index (κ2) is 6.66. The second-order valence-electron chi connectivity index (χ2n) is 4.24. The molecule has 0 saturated heterocycles. The zero-order valence-corrected chi connectivity index (χ0v) is 10.1. The Kier molecular flexibility index (Phi) is 4.90. The Hall–Kier alpha value is -1.20. The van der Waals surface area contributed by atoms with Crippen molar-refractivity contribution in [2.75, 3.05) is 13.2 Å². The Balaban J connectivity index is 1.58. The summed E-state index contributed by atoms with van der Waals surface area (Å²) in [6.45, 7) is 1.41. The van der Waals surface area contributed by atoms with Crippen LogP contribution in [0.4, 0.5) is 0 Å². The predicted molar refractivity (Wildman–Crippen MR) is 67.0 cm³/mol. The van der Waals surface area contributed by atoms with Gasteiger partial charge in [0.25, 0.3) is 0 Å². The summed E-state index contributed by atoms with van der Waals surface area (Å²) in [4.78, 5) is 0. The lowest BCUT2D eigenvalue weighted by Gasteiger charge is -2.17. The number of hydrogen-bond acceptors (Lipinski definition) is 4. The Labute approximate surface area is 106 Å². The van der Waals surface area contributed by atoms with E-state index in [2.05, 4.69) is 0 Å². The SMILES string of the molecule is O[C@@H]1[C@@H](OCCOCc2ccccc2)C=C[C@@H]1O. The molecule has 0 amide bonds. The highest BCUT2D eigenvalue weighted by Crippen LogP contribution is 2.14. The molecule has 4 heteroatoms. The molecular formula is C14H18O4. The lowest BCUT2D eigenvalue weighted by molar-refractivity contribution is -0.0583. The molecular weight excluding hydrogens is 232 g/mol. The lowest BCUT2D eigenvalue weighted by Crippen LogP contribution is -2.32. The van der Waals surface area contributed by atoms with Gasteiger partial charge in [0.05, 0.1) is 19.8 Å². The van der Waals surface area contributed by atoms with Crippen LogP contribution < -0.4 is 0 Å². The van der Waals surface area contributed by atoms with Gasteiger partial charge in [-0.1, -0.05) is 42.5 Å². The van der Waals surface area contributed by atoms with Crippen molar-refractivity contribution in [2.45, 2.75) is 24.9 Å². The van der Waals surface area contributed by atoms with Crippen LogP contribution in [0.1, 0.15) is 5.56 Å². The fraction of sp³-hybridized carbons (Fsp3) is 0.429. The van der Waals surface area contributed by atoms with Crippen molar-refractivity contribution in [2.24, 2.45) is 0 Å². The van der Waals surface area contributed by atoms with Gasteiger partial charge in [-0.2, -0.15) is 0 Å². The summed E-state index contributed by atoms with van der Waals surface area (Å²) in [5.74, 6) is 0. The monoisotopic (exact) mass is 250 g/mol. The molecule has 0 radical (unpaired) electrons. The number of rotatable bonds is 6. The summed E-state index contributed by atoms with van der Waals surface area (Å²) < 4.78 is 10.9. The standard InChI is InChI=1S/C14H18O4/c15-12-6-7-13(14(12)16)18-9-8-17-10-11-4-2-1-3-5-11/h1-7,12-16H,8-10H2/t12-,13-,14-/m0/s1. The minimum absolute atomic E-state index is 0.394. The molecule has 1 aromatic carbocycles. The summed E-state index contributed by atoms with van der Waals surface area (Å²) in [6.07, 6.45) is 1.10. The van der Waals surface area contributed by atoms with E-state index < -0.39 is 18.3 Å².